The first kappa shape index (κ1) is 15.6. The first-order valence-corrected chi connectivity index (χ1v) is 8.03. The molecule has 0 aromatic rings. The molecule has 2 heterocycles. The Labute approximate surface area is 123 Å². The van der Waals surface area contributed by atoms with Crippen molar-refractivity contribution >= 4 is 23.6 Å². The number of ether oxygens (including phenoxy) is 1. The van der Waals surface area contributed by atoms with Gasteiger partial charge in [0.05, 0.1) is 24.5 Å². The molecule has 2 aliphatic rings. The molecule has 2 rings (SSSR count). The molecule has 0 aromatic heterocycles. The second kappa shape index (κ2) is 6.78. The van der Waals surface area contributed by atoms with Crippen molar-refractivity contribution < 1.29 is 19.4 Å². The van der Waals surface area contributed by atoms with E-state index in [-0.39, 0.29) is 29.7 Å². The number of nitrogens with zero attached hydrogens (tertiary/aromatic N) is 1. The molecule has 114 valence electrons. The van der Waals surface area contributed by atoms with Gasteiger partial charge in [-0.2, -0.15) is 0 Å². The van der Waals surface area contributed by atoms with Crippen molar-refractivity contribution in [3.05, 3.63) is 0 Å². The third kappa shape index (κ3) is 3.45. The Morgan fingerprint density at radius 2 is 2.25 bits per heavy atom. The number of hydrogen-bond donors (Lipinski definition) is 2. The number of thioether (sulfide) groups is 1. The molecular formula is C13H22N2O4S. The summed E-state index contributed by atoms with van der Waals surface area (Å²) in [4.78, 5) is 25.4. The second-order valence-electron chi connectivity index (χ2n) is 5.52. The van der Waals surface area contributed by atoms with Crippen LogP contribution in [-0.4, -0.2) is 64.9 Å². The lowest BCUT2D eigenvalue weighted by molar-refractivity contribution is -0.151. The standard InChI is InChI=1S/C13H22N2O4S/c1-8(2)12-15(10(7-20-12)13(17)18)11(16)5-9-6-14-3-4-19-9/h8-10,12,14H,3-7H2,1-2H3,(H,17,18). The van der Waals surface area contributed by atoms with Gasteiger partial charge in [0.25, 0.3) is 0 Å². The quantitative estimate of drug-likeness (QED) is 0.781. The lowest BCUT2D eigenvalue weighted by Crippen LogP contribution is -2.49. The molecule has 2 N–H and O–H groups in total. The fourth-order valence-corrected chi connectivity index (χ4v) is 4.09. The van der Waals surface area contributed by atoms with Crippen molar-refractivity contribution in [2.75, 3.05) is 25.4 Å². The van der Waals surface area contributed by atoms with Gasteiger partial charge in [0.15, 0.2) is 0 Å². The zero-order valence-corrected chi connectivity index (χ0v) is 12.7. The molecule has 0 spiro atoms. The Hall–Kier alpha value is -0.790. The van der Waals surface area contributed by atoms with Crippen molar-refractivity contribution in [3.63, 3.8) is 0 Å². The van der Waals surface area contributed by atoms with Crippen LogP contribution in [0, 0.1) is 5.92 Å². The smallest absolute Gasteiger partial charge is 0.327 e. The Bertz CT molecular complexity index is 371. The van der Waals surface area contributed by atoms with E-state index >= 15 is 0 Å². The highest BCUT2D eigenvalue weighted by Crippen LogP contribution is 2.34. The molecule has 2 fully saturated rings. The molecule has 3 atom stereocenters. The lowest BCUT2D eigenvalue weighted by atomic mass is 10.1. The van der Waals surface area contributed by atoms with Gasteiger partial charge in [-0.15, -0.1) is 11.8 Å². The molecule has 0 aromatic carbocycles. The number of carboxylic acids is 1. The van der Waals surface area contributed by atoms with Crippen LogP contribution in [0.5, 0.6) is 0 Å². The summed E-state index contributed by atoms with van der Waals surface area (Å²) >= 11 is 1.55. The van der Waals surface area contributed by atoms with Crippen LogP contribution in [0.1, 0.15) is 20.3 Å². The number of nitrogens with one attached hydrogen (secondary N) is 1. The van der Waals surface area contributed by atoms with E-state index in [9.17, 15) is 14.7 Å². The van der Waals surface area contributed by atoms with E-state index in [0.29, 0.717) is 18.9 Å². The molecule has 6 nitrogen and oxygen atoms in total. The van der Waals surface area contributed by atoms with E-state index in [1.807, 2.05) is 13.8 Å². The molecule has 0 aliphatic carbocycles. The van der Waals surface area contributed by atoms with Crippen LogP contribution in [0.15, 0.2) is 0 Å². The average Bonchev–Trinajstić information content (AvgIpc) is 2.84. The predicted octanol–water partition coefficient (Wildman–Crippen LogP) is 0.376. The minimum absolute atomic E-state index is 0.0554. The van der Waals surface area contributed by atoms with Crippen molar-refractivity contribution in [3.8, 4) is 0 Å². The SMILES string of the molecule is CC(C)C1SCC(C(=O)O)N1C(=O)CC1CNCCO1. The van der Waals surface area contributed by atoms with Gasteiger partial charge in [-0.1, -0.05) is 13.8 Å². The average molecular weight is 302 g/mol. The Morgan fingerprint density at radius 3 is 2.80 bits per heavy atom. The summed E-state index contributed by atoms with van der Waals surface area (Å²) in [7, 11) is 0. The van der Waals surface area contributed by atoms with Gasteiger partial charge < -0.3 is 20.1 Å². The van der Waals surface area contributed by atoms with Gasteiger partial charge in [-0.25, -0.2) is 4.79 Å². The number of carboxylic acid groups (broad SMARTS) is 1. The first-order valence-electron chi connectivity index (χ1n) is 6.98. The Balaban J connectivity index is 2.04. The Kier molecular flexibility index (Phi) is 5.29. The molecule has 0 saturated carbocycles. The molecule has 1 amide bonds. The normalized spacial score (nSPS) is 30.8. The van der Waals surface area contributed by atoms with Crippen molar-refractivity contribution in [1.29, 1.82) is 0 Å². The highest BCUT2D eigenvalue weighted by Gasteiger charge is 2.43. The van der Waals surface area contributed by atoms with E-state index in [1.54, 1.807) is 16.7 Å². The van der Waals surface area contributed by atoms with Crippen LogP contribution in [0.2, 0.25) is 0 Å². The van der Waals surface area contributed by atoms with Gasteiger partial charge in [-0.05, 0) is 5.92 Å². The van der Waals surface area contributed by atoms with Crippen molar-refractivity contribution in [1.82, 2.24) is 10.2 Å². The fraction of sp³-hybridized carbons (Fsp3) is 0.846. The molecule has 0 bridgehead atoms. The van der Waals surface area contributed by atoms with Crippen LogP contribution in [0.3, 0.4) is 0 Å². The topological polar surface area (TPSA) is 78.9 Å². The zero-order valence-electron chi connectivity index (χ0n) is 11.9. The number of morpholine rings is 1. The van der Waals surface area contributed by atoms with Gasteiger partial charge in [0.2, 0.25) is 5.91 Å². The van der Waals surface area contributed by atoms with Crippen LogP contribution in [0.4, 0.5) is 0 Å². The van der Waals surface area contributed by atoms with Crippen LogP contribution < -0.4 is 5.32 Å². The number of carbonyl (C=O) groups excluding carboxylic acids is 1. The van der Waals surface area contributed by atoms with E-state index in [2.05, 4.69) is 5.32 Å². The number of carbonyl (C=O) groups is 2. The molecular weight excluding hydrogens is 280 g/mol. The molecule has 2 aliphatic heterocycles. The molecule has 20 heavy (non-hydrogen) atoms. The van der Waals surface area contributed by atoms with Crippen LogP contribution in [0.25, 0.3) is 0 Å². The highest BCUT2D eigenvalue weighted by molar-refractivity contribution is 8.00. The Morgan fingerprint density at radius 1 is 1.50 bits per heavy atom. The van der Waals surface area contributed by atoms with E-state index in [4.69, 9.17) is 4.74 Å². The molecule has 0 radical (unpaired) electrons. The number of hydrogen-bond acceptors (Lipinski definition) is 5. The van der Waals surface area contributed by atoms with Crippen molar-refractivity contribution in [2.24, 2.45) is 5.92 Å². The van der Waals surface area contributed by atoms with Gasteiger partial charge >= 0.3 is 5.97 Å². The minimum atomic E-state index is -0.920. The van der Waals surface area contributed by atoms with E-state index in [0.717, 1.165) is 6.54 Å². The minimum Gasteiger partial charge on any atom is -0.480 e. The summed E-state index contributed by atoms with van der Waals surface area (Å²) in [5, 5.41) is 12.4. The third-order valence-electron chi connectivity index (χ3n) is 3.58. The fourth-order valence-electron chi connectivity index (χ4n) is 2.60. The van der Waals surface area contributed by atoms with Gasteiger partial charge in [0, 0.05) is 18.8 Å². The number of rotatable bonds is 4. The summed E-state index contributed by atoms with van der Waals surface area (Å²) in [5.74, 6) is -0.335. The van der Waals surface area contributed by atoms with E-state index < -0.39 is 12.0 Å². The lowest BCUT2D eigenvalue weighted by Gasteiger charge is -2.32. The largest absolute Gasteiger partial charge is 0.480 e. The van der Waals surface area contributed by atoms with Crippen LogP contribution >= 0.6 is 11.8 Å². The maximum Gasteiger partial charge on any atom is 0.327 e. The summed E-state index contributed by atoms with van der Waals surface area (Å²) in [5.41, 5.74) is 0. The second-order valence-corrected chi connectivity index (χ2v) is 6.67. The molecule has 3 unspecified atom stereocenters. The molecule has 2 saturated heterocycles. The summed E-state index contributed by atoms with van der Waals surface area (Å²) < 4.78 is 5.54. The maximum atomic E-state index is 12.5. The third-order valence-corrected chi connectivity index (χ3v) is 5.21. The number of aliphatic carboxylic acids is 1. The summed E-state index contributed by atoms with van der Waals surface area (Å²) in [6, 6.07) is -0.712. The van der Waals surface area contributed by atoms with E-state index in [1.165, 1.54) is 0 Å². The monoisotopic (exact) mass is 302 g/mol. The van der Waals surface area contributed by atoms with Crippen LogP contribution in [-0.2, 0) is 14.3 Å². The maximum absolute atomic E-state index is 12.5. The zero-order chi connectivity index (χ0) is 14.7. The predicted molar refractivity (Wildman–Crippen MR) is 76.6 cm³/mol. The summed E-state index contributed by atoms with van der Waals surface area (Å²) in [6.45, 7) is 6.08. The van der Waals surface area contributed by atoms with Crippen molar-refractivity contribution in [2.45, 2.75) is 37.8 Å². The summed E-state index contributed by atoms with van der Waals surface area (Å²) in [6.07, 6.45) is 0.102. The number of amides is 1. The first-order chi connectivity index (χ1) is 9.50. The highest BCUT2D eigenvalue weighted by atomic mass is 32.2. The van der Waals surface area contributed by atoms with Gasteiger partial charge in [0.1, 0.15) is 6.04 Å². The van der Waals surface area contributed by atoms with Gasteiger partial charge in [-0.3, -0.25) is 4.79 Å². The molecule has 7 heteroatoms.